The Kier molecular flexibility index (Phi) is 7.36. The second-order valence-electron chi connectivity index (χ2n) is 10.2. The van der Waals surface area contributed by atoms with Crippen molar-refractivity contribution in [2.24, 2.45) is 0 Å². The largest absolute Gasteiger partial charge is 0.452 e. The maximum atomic E-state index is 15.2. The molecule has 1 fully saturated rings. The molecule has 16 heteroatoms. The lowest BCUT2D eigenvalue weighted by Gasteiger charge is -2.29. The number of benzene rings is 1. The molecule has 5 heterocycles. The smallest absolute Gasteiger partial charge is 0.434 e. The summed E-state index contributed by atoms with van der Waals surface area (Å²) in [5, 5.41) is 5.74. The molecule has 0 bridgehead atoms. The molecule has 0 radical (unpaired) electrons. The zero-order chi connectivity index (χ0) is 31.2. The molecule has 1 amide bonds. The first-order valence-corrected chi connectivity index (χ1v) is 13.3. The van der Waals surface area contributed by atoms with Crippen LogP contribution < -0.4 is 15.7 Å². The first kappa shape index (κ1) is 29.0. The molecule has 11 nitrogen and oxygen atoms in total. The number of hydrogen-bond acceptors (Lipinski definition) is 7. The Labute approximate surface area is 244 Å². The molecule has 4 aromatic heterocycles. The molecule has 0 atom stereocenters. The van der Waals surface area contributed by atoms with Crippen molar-refractivity contribution < 1.29 is 31.5 Å². The molecule has 1 aliphatic heterocycles. The SMILES string of the molecule is CN1CCC(n2c(=O)[nH]c3nccc(Oc4ccc(NC(=O)c5cnn(-c6ncccc6F)c5C(F)(F)F)cc4F)c32)CC1. The van der Waals surface area contributed by atoms with Crippen LogP contribution in [0.5, 0.6) is 11.5 Å². The highest BCUT2D eigenvalue weighted by atomic mass is 19.4. The molecule has 6 rings (SSSR count). The van der Waals surface area contributed by atoms with Gasteiger partial charge in [-0.15, -0.1) is 0 Å². The number of alkyl halides is 3. The number of imidazole rings is 1. The fourth-order valence-electron chi connectivity index (χ4n) is 5.17. The summed E-state index contributed by atoms with van der Waals surface area (Å²) in [7, 11) is 1.99. The number of anilines is 1. The summed E-state index contributed by atoms with van der Waals surface area (Å²) in [6.45, 7) is 1.57. The molecule has 0 spiro atoms. The molecule has 0 saturated carbocycles. The van der Waals surface area contributed by atoms with E-state index in [1.807, 2.05) is 7.05 Å². The standard InChI is InChI=1S/C28H23F5N8O3/c1-39-11-7-16(8-12-39)40-22-21(6-10-34-24(22)38-27(40)43)44-20-5-4-15(13-19(20)30)37-26(42)17-14-36-41(23(17)28(31,32)33)25-18(29)3-2-9-35-25/h2-6,9-10,13-14,16H,7-8,11-12H2,1H3,(H,37,42)(H,34,38,43). The van der Waals surface area contributed by atoms with E-state index in [0.717, 1.165) is 31.4 Å². The van der Waals surface area contributed by atoms with Gasteiger partial charge in [-0.3, -0.25) is 14.3 Å². The molecule has 228 valence electrons. The first-order chi connectivity index (χ1) is 21.0. The number of rotatable bonds is 6. The van der Waals surface area contributed by atoms with Gasteiger partial charge in [-0.25, -0.2) is 28.2 Å². The molecule has 44 heavy (non-hydrogen) atoms. The van der Waals surface area contributed by atoms with Crippen LogP contribution >= 0.6 is 0 Å². The van der Waals surface area contributed by atoms with Crippen LogP contribution in [0.1, 0.15) is 34.9 Å². The Bertz CT molecular complexity index is 1920. The van der Waals surface area contributed by atoms with E-state index >= 15 is 4.39 Å². The number of likely N-dealkylation sites (tertiary alicyclic amines) is 1. The van der Waals surface area contributed by atoms with Gasteiger partial charge in [-0.2, -0.15) is 18.3 Å². The van der Waals surface area contributed by atoms with Crippen LogP contribution in [0.4, 0.5) is 27.6 Å². The second-order valence-corrected chi connectivity index (χ2v) is 10.2. The molecule has 2 N–H and O–H groups in total. The van der Waals surface area contributed by atoms with Crippen molar-refractivity contribution >= 4 is 22.8 Å². The number of nitrogens with one attached hydrogen (secondary N) is 2. The number of piperidine rings is 1. The van der Waals surface area contributed by atoms with Crippen LogP contribution in [-0.2, 0) is 6.18 Å². The predicted octanol–water partition coefficient (Wildman–Crippen LogP) is 4.91. The van der Waals surface area contributed by atoms with Gasteiger partial charge in [0, 0.05) is 36.3 Å². The van der Waals surface area contributed by atoms with Crippen LogP contribution in [0, 0.1) is 11.6 Å². The lowest BCUT2D eigenvalue weighted by atomic mass is 10.1. The fraction of sp³-hybridized carbons (Fsp3) is 0.250. The Hall–Kier alpha value is -5.12. The minimum atomic E-state index is -5.11. The van der Waals surface area contributed by atoms with E-state index < -0.39 is 40.8 Å². The molecule has 1 saturated heterocycles. The third-order valence-corrected chi connectivity index (χ3v) is 7.26. The van der Waals surface area contributed by atoms with Crippen LogP contribution in [0.25, 0.3) is 17.0 Å². The Morgan fingerprint density at radius 3 is 2.52 bits per heavy atom. The van der Waals surface area contributed by atoms with Crippen molar-refractivity contribution in [1.82, 2.24) is 34.2 Å². The number of halogens is 5. The summed E-state index contributed by atoms with van der Waals surface area (Å²) in [5.74, 6) is -4.15. The number of pyridine rings is 2. The van der Waals surface area contributed by atoms with Gasteiger partial charge in [0.05, 0.1) is 11.8 Å². The number of aromatic nitrogens is 6. The third-order valence-electron chi connectivity index (χ3n) is 7.26. The number of ether oxygens (including phenoxy) is 1. The first-order valence-electron chi connectivity index (χ1n) is 13.3. The number of nitrogens with zero attached hydrogens (tertiary/aromatic N) is 6. The number of H-pyrrole nitrogens is 1. The number of hydrogen-bond donors (Lipinski definition) is 2. The van der Waals surface area contributed by atoms with E-state index in [2.05, 4.69) is 30.3 Å². The highest BCUT2D eigenvalue weighted by Crippen LogP contribution is 2.36. The van der Waals surface area contributed by atoms with Gasteiger partial charge in [0.1, 0.15) is 5.52 Å². The third kappa shape index (κ3) is 5.39. The number of carbonyl (C=O) groups is 1. The number of carbonyl (C=O) groups excluding carboxylic acids is 1. The minimum absolute atomic E-state index is 0.124. The van der Waals surface area contributed by atoms with E-state index in [0.29, 0.717) is 24.6 Å². The average Bonchev–Trinajstić information content (AvgIpc) is 3.57. The number of aromatic amines is 1. The lowest BCUT2D eigenvalue weighted by Crippen LogP contribution is -2.34. The molecular formula is C28H23F5N8O3. The zero-order valence-corrected chi connectivity index (χ0v) is 22.9. The molecular weight excluding hydrogens is 591 g/mol. The predicted molar refractivity (Wildman–Crippen MR) is 147 cm³/mol. The van der Waals surface area contributed by atoms with E-state index in [1.54, 1.807) is 4.57 Å². The van der Waals surface area contributed by atoms with Gasteiger partial charge >= 0.3 is 11.9 Å². The van der Waals surface area contributed by atoms with Gasteiger partial charge in [0.2, 0.25) is 0 Å². The van der Waals surface area contributed by atoms with E-state index in [-0.39, 0.29) is 39.2 Å². The van der Waals surface area contributed by atoms with E-state index in [9.17, 15) is 27.2 Å². The van der Waals surface area contributed by atoms with E-state index in [4.69, 9.17) is 4.74 Å². The average molecular weight is 615 g/mol. The van der Waals surface area contributed by atoms with Crippen molar-refractivity contribution in [3.63, 3.8) is 0 Å². The van der Waals surface area contributed by atoms with Crippen LogP contribution in [0.2, 0.25) is 0 Å². The van der Waals surface area contributed by atoms with Gasteiger partial charge in [-0.1, -0.05) is 0 Å². The van der Waals surface area contributed by atoms with Crippen LogP contribution in [-0.4, -0.2) is 60.2 Å². The molecule has 1 aliphatic rings. The van der Waals surface area contributed by atoms with Gasteiger partial charge < -0.3 is 15.0 Å². The molecule has 5 aromatic rings. The maximum absolute atomic E-state index is 15.2. The van der Waals surface area contributed by atoms with Crippen LogP contribution in [0.3, 0.4) is 0 Å². The molecule has 0 aliphatic carbocycles. The Morgan fingerprint density at radius 2 is 1.82 bits per heavy atom. The number of fused-ring (bicyclic) bond motifs is 1. The number of amides is 1. The minimum Gasteiger partial charge on any atom is -0.452 e. The summed E-state index contributed by atoms with van der Waals surface area (Å²) < 4.78 is 78.9. The van der Waals surface area contributed by atoms with Crippen molar-refractivity contribution in [3.8, 4) is 17.3 Å². The fourth-order valence-corrected chi connectivity index (χ4v) is 5.17. The van der Waals surface area contributed by atoms with Crippen molar-refractivity contribution in [2.45, 2.75) is 25.1 Å². The normalized spacial score (nSPS) is 14.7. The monoisotopic (exact) mass is 614 g/mol. The lowest BCUT2D eigenvalue weighted by molar-refractivity contribution is -0.143. The summed E-state index contributed by atoms with van der Waals surface area (Å²) in [5.41, 5.74) is -2.41. The van der Waals surface area contributed by atoms with Gasteiger partial charge in [0.15, 0.2) is 40.3 Å². The second kappa shape index (κ2) is 11.2. The quantitative estimate of drug-likeness (QED) is 0.261. The molecule has 1 aromatic carbocycles. The van der Waals surface area contributed by atoms with Crippen molar-refractivity contribution in [2.75, 3.05) is 25.5 Å². The summed E-state index contributed by atoms with van der Waals surface area (Å²) in [6.07, 6.45) is -0.589. The molecule has 0 unspecified atom stereocenters. The zero-order valence-electron chi connectivity index (χ0n) is 22.9. The van der Waals surface area contributed by atoms with Crippen LogP contribution in [0.15, 0.2) is 59.8 Å². The maximum Gasteiger partial charge on any atom is 0.434 e. The topological polar surface area (TPSA) is 123 Å². The highest BCUT2D eigenvalue weighted by molar-refractivity contribution is 6.05. The Morgan fingerprint density at radius 1 is 1.05 bits per heavy atom. The summed E-state index contributed by atoms with van der Waals surface area (Å²) >= 11 is 0. The summed E-state index contributed by atoms with van der Waals surface area (Å²) in [4.78, 5) is 38.4. The van der Waals surface area contributed by atoms with Gasteiger partial charge in [0.25, 0.3) is 5.91 Å². The summed E-state index contributed by atoms with van der Waals surface area (Å²) in [6, 6.07) is 6.72. The van der Waals surface area contributed by atoms with Gasteiger partial charge in [-0.05, 0) is 57.2 Å². The Balaban J connectivity index is 1.27. The van der Waals surface area contributed by atoms with Crippen molar-refractivity contribution in [3.05, 3.63) is 88.4 Å². The van der Waals surface area contributed by atoms with E-state index in [1.165, 1.54) is 30.5 Å². The highest BCUT2D eigenvalue weighted by Gasteiger charge is 2.41. The van der Waals surface area contributed by atoms with Crippen molar-refractivity contribution in [1.29, 1.82) is 0 Å².